The molecular formula is C16H20N4O2. The van der Waals surface area contributed by atoms with Gasteiger partial charge in [0.15, 0.2) is 0 Å². The molecule has 116 valence electrons. The molecule has 0 aliphatic carbocycles. The Hall–Kier alpha value is -2.21. The number of rotatable bonds is 4. The van der Waals surface area contributed by atoms with Gasteiger partial charge in [-0.1, -0.05) is 11.2 Å². The molecule has 3 heterocycles. The Balaban J connectivity index is 1.58. The molecule has 0 aromatic carbocycles. The van der Waals surface area contributed by atoms with Crippen molar-refractivity contribution in [2.45, 2.75) is 26.3 Å². The average Bonchev–Trinajstić information content (AvgIpc) is 2.94. The zero-order valence-corrected chi connectivity index (χ0v) is 12.7. The largest absolute Gasteiger partial charge is 0.362 e. The monoisotopic (exact) mass is 300 g/mol. The lowest BCUT2D eigenvalue weighted by atomic mass is 9.96. The maximum Gasteiger partial charge on any atom is 0.228 e. The molecule has 6 nitrogen and oxygen atoms in total. The van der Waals surface area contributed by atoms with E-state index in [4.69, 9.17) is 4.52 Å². The molecule has 1 aliphatic heterocycles. The molecule has 1 atom stereocenters. The molecule has 1 unspecified atom stereocenters. The van der Waals surface area contributed by atoms with Gasteiger partial charge in [0.25, 0.3) is 0 Å². The zero-order valence-electron chi connectivity index (χ0n) is 12.7. The first-order chi connectivity index (χ1) is 10.7. The summed E-state index contributed by atoms with van der Waals surface area (Å²) in [7, 11) is 0. The van der Waals surface area contributed by atoms with Gasteiger partial charge in [-0.2, -0.15) is 0 Å². The van der Waals surface area contributed by atoms with Crippen LogP contribution in [0.3, 0.4) is 0 Å². The van der Waals surface area contributed by atoms with Crippen molar-refractivity contribution in [3.8, 4) is 0 Å². The molecule has 1 saturated heterocycles. The van der Waals surface area contributed by atoms with E-state index in [1.807, 2.05) is 19.2 Å². The number of piperidine rings is 1. The van der Waals surface area contributed by atoms with E-state index in [0.29, 0.717) is 11.4 Å². The van der Waals surface area contributed by atoms with Crippen molar-refractivity contribution in [2.75, 3.05) is 18.4 Å². The number of nitrogens with one attached hydrogen (secondary N) is 1. The number of nitrogens with zero attached hydrogens (tertiary/aromatic N) is 3. The van der Waals surface area contributed by atoms with Crippen molar-refractivity contribution >= 4 is 11.6 Å². The minimum Gasteiger partial charge on any atom is -0.362 e. The van der Waals surface area contributed by atoms with E-state index in [2.05, 4.69) is 26.4 Å². The fourth-order valence-corrected chi connectivity index (χ4v) is 2.81. The molecule has 0 saturated carbocycles. The number of likely N-dealkylation sites (tertiary alicyclic amines) is 1. The smallest absolute Gasteiger partial charge is 0.228 e. The van der Waals surface area contributed by atoms with Gasteiger partial charge in [-0.3, -0.25) is 14.7 Å². The Morgan fingerprint density at radius 2 is 2.45 bits per heavy atom. The lowest BCUT2D eigenvalue weighted by Crippen LogP contribution is -2.40. The summed E-state index contributed by atoms with van der Waals surface area (Å²) in [6.45, 7) is 4.44. The van der Waals surface area contributed by atoms with Gasteiger partial charge < -0.3 is 9.84 Å². The summed E-state index contributed by atoms with van der Waals surface area (Å²) in [4.78, 5) is 18.8. The van der Waals surface area contributed by atoms with Crippen LogP contribution in [0.2, 0.25) is 0 Å². The number of carbonyl (C=O) groups excluding carboxylic acids is 1. The maximum atomic E-state index is 12.4. The number of aromatic nitrogens is 2. The second-order valence-corrected chi connectivity index (χ2v) is 5.74. The summed E-state index contributed by atoms with van der Waals surface area (Å²) in [6.07, 6.45) is 7.07. The number of aryl methyl sites for hydroxylation is 1. The first-order valence-electron chi connectivity index (χ1n) is 7.55. The van der Waals surface area contributed by atoms with Crippen molar-refractivity contribution in [2.24, 2.45) is 5.92 Å². The topological polar surface area (TPSA) is 71.3 Å². The Morgan fingerprint density at radius 3 is 3.18 bits per heavy atom. The molecule has 1 N–H and O–H groups in total. The summed E-state index contributed by atoms with van der Waals surface area (Å²) in [6, 6.07) is 4.01. The minimum atomic E-state index is -0.000258. The van der Waals surface area contributed by atoms with E-state index in [1.54, 1.807) is 6.20 Å². The van der Waals surface area contributed by atoms with Crippen LogP contribution in [0.25, 0.3) is 0 Å². The number of hydrogen-bond donors (Lipinski definition) is 1. The average molecular weight is 300 g/mol. The van der Waals surface area contributed by atoms with Crippen LogP contribution in [-0.2, 0) is 11.3 Å². The molecule has 2 aromatic heterocycles. The van der Waals surface area contributed by atoms with Gasteiger partial charge in [-0.05, 0) is 37.9 Å². The van der Waals surface area contributed by atoms with Crippen LogP contribution in [-0.4, -0.2) is 34.0 Å². The lowest BCUT2D eigenvalue weighted by Gasteiger charge is -2.31. The van der Waals surface area contributed by atoms with Crippen LogP contribution in [0.5, 0.6) is 0 Å². The number of carbonyl (C=O) groups is 1. The first kappa shape index (κ1) is 14.7. The highest BCUT2D eigenvalue weighted by molar-refractivity contribution is 5.93. The van der Waals surface area contributed by atoms with Gasteiger partial charge in [-0.15, -0.1) is 0 Å². The highest BCUT2D eigenvalue weighted by Crippen LogP contribution is 2.21. The third-order valence-electron chi connectivity index (χ3n) is 4.01. The van der Waals surface area contributed by atoms with Crippen molar-refractivity contribution in [3.63, 3.8) is 0 Å². The molecule has 2 aromatic rings. The van der Waals surface area contributed by atoms with Crippen molar-refractivity contribution in [1.29, 1.82) is 0 Å². The van der Waals surface area contributed by atoms with E-state index in [9.17, 15) is 4.79 Å². The highest BCUT2D eigenvalue weighted by Gasteiger charge is 2.26. The zero-order chi connectivity index (χ0) is 15.4. The van der Waals surface area contributed by atoms with Crippen LogP contribution in [0.4, 0.5) is 5.69 Å². The molecule has 1 amide bonds. The third kappa shape index (κ3) is 3.51. The standard InChI is InChI=1S/C16H20N4O2/c1-12-15(11-22-19-12)18-16(21)14-5-3-7-20(10-14)9-13-4-2-6-17-8-13/h2,4,6,8,11,14H,3,5,7,9-10H2,1H3,(H,18,21). The van der Waals surface area contributed by atoms with Crippen molar-refractivity contribution in [3.05, 3.63) is 42.0 Å². The van der Waals surface area contributed by atoms with E-state index < -0.39 is 0 Å². The summed E-state index contributed by atoms with van der Waals surface area (Å²) in [5, 5.41) is 6.69. The van der Waals surface area contributed by atoms with Crippen molar-refractivity contribution in [1.82, 2.24) is 15.0 Å². The molecule has 0 radical (unpaired) electrons. The van der Waals surface area contributed by atoms with Gasteiger partial charge >= 0.3 is 0 Å². The predicted octanol–water partition coefficient (Wildman–Crippen LogP) is 2.23. The predicted molar refractivity (Wildman–Crippen MR) is 82.1 cm³/mol. The molecule has 0 spiro atoms. The highest BCUT2D eigenvalue weighted by atomic mass is 16.5. The van der Waals surface area contributed by atoms with E-state index in [0.717, 1.165) is 32.5 Å². The Labute approximate surface area is 129 Å². The fourth-order valence-electron chi connectivity index (χ4n) is 2.81. The summed E-state index contributed by atoms with van der Waals surface area (Å²) < 4.78 is 4.85. The number of amides is 1. The van der Waals surface area contributed by atoms with Crippen LogP contribution in [0, 0.1) is 12.8 Å². The molecule has 1 aliphatic rings. The van der Waals surface area contributed by atoms with E-state index in [-0.39, 0.29) is 11.8 Å². The maximum absolute atomic E-state index is 12.4. The SMILES string of the molecule is Cc1nocc1NC(=O)C1CCCN(Cc2cccnc2)C1. The molecule has 0 bridgehead atoms. The molecule has 1 fully saturated rings. The normalized spacial score (nSPS) is 19.0. The molecule has 3 rings (SSSR count). The van der Waals surface area contributed by atoms with E-state index in [1.165, 1.54) is 11.8 Å². The molecule has 6 heteroatoms. The van der Waals surface area contributed by atoms with Crippen LogP contribution in [0.15, 0.2) is 35.3 Å². The second kappa shape index (κ2) is 6.70. The number of anilines is 1. The number of pyridine rings is 1. The Bertz CT molecular complexity index is 626. The summed E-state index contributed by atoms with van der Waals surface area (Å²) >= 11 is 0. The molecular weight excluding hydrogens is 280 g/mol. The van der Waals surface area contributed by atoms with Crippen LogP contribution < -0.4 is 5.32 Å². The van der Waals surface area contributed by atoms with Crippen LogP contribution in [0.1, 0.15) is 24.1 Å². The summed E-state index contributed by atoms with van der Waals surface area (Å²) in [5.74, 6) is 0.0434. The Morgan fingerprint density at radius 1 is 1.55 bits per heavy atom. The quantitative estimate of drug-likeness (QED) is 0.937. The van der Waals surface area contributed by atoms with Gasteiger partial charge in [0, 0.05) is 25.5 Å². The summed E-state index contributed by atoms with van der Waals surface area (Å²) in [5.41, 5.74) is 2.55. The number of hydrogen-bond acceptors (Lipinski definition) is 5. The lowest BCUT2D eigenvalue weighted by molar-refractivity contribution is -0.121. The van der Waals surface area contributed by atoms with Gasteiger partial charge in [0.1, 0.15) is 17.6 Å². The van der Waals surface area contributed by atoms with Crippen LogP contribution >= 0.6 is 0 Å². The minimum absolute atomic E-state index is 0.000258. The Kier molecular flexibility index (Phi) is 4.48. The van der Waals surface area contributed by atoms with Crippen molar-refractivity contribution < 1.29 is 9.32 Å². The van der Waals surface area contributed by atoms with E-state index >= 15 is 0 Å². The van der Waals surface area contributed by atoms with Gasteiger partial charge in [0.2, 0.25) is 5.91 Å². The molecule has 22 heavy (non-hydrogen) atoms. The second-order valence-electron chi connectivity index (χ2n) is 5.74. The fraction of sp³-hybridized carbons (Fsp3) is 0.438. The first-order valence-corrected chi connectivity index (χ1v) is 7.55. The van der Waals surface area contributed by atoms with Gasteiger partial charge in [-0.25, -0.2) is 0 Å². The van der Waals surface area contributed by atoms with Gasteiger partial charge in [0.05, 0.1) is 5.92 Å². The third-order valence-corrected chi connectivity index (χ3v) is 4.01.